The average Bonchev–Trinajstić information content (AvgIpc) is 2.29. The molecule has 0 atom stereocenters. The summed E-state index contributed by atoms with van der Waals surface area (Å²) >= 11 is 5.83. The normalized spacial score (nSPS) is 10.7. The highest BCUT2D eigenvalue weighted by Crippen LogP contribution is 2.24. The summed E-state index contributed by atoms with van der Waals surface area (Å²) in [5.41, 5.74) is 0.797. The maximum Gasteiger partial charge on any atom is 0.341 e. The summed E-state index contributed by atoms with van der Waals surface area (Å²) in [7, 11) is 1.84. The lowest BCUT2D eigenvalue weighted by Crippen LogP contribution is -2.10. The van der Waals surface area contributed by atoms with Crippen LogP contribution in [-0.4, -0.2) is 31.3 Å². The van der Waals surface area contributed by atoms with Crippen LogP contribution in [0.4, 0.5) is 0 Å². The fraction of sp³-hybridized carbons (Fsp3) is 0.250. The minimum absolute atomic E-state index is 0.382. The predicted octanol–water partition coefficient (Wildman–Crippen LogP) is 2.04. The summed E-state index contributed by atoms with van der Waals surface area (Å²) in [6.07, 6.45) is 3.76. The number of carboxylic acid groups (broad SMARTS) is 1. The van der Waals surface area contributed by atoms with Gasteiger partial charge >= 0.3 is 5.97 Å². The number of carbonyl (C=O) groups is 1. The predicted molar refractivity (Wildman–Crippen MR) is 67.5 cm³/mol. The largest absolute Gasteiger partial charge is 0.481 e. The summed E-state index contributed by atoms with van der Waals surface area (Å²) in [4.78, 5) is 10.4. The van der Waals surface area contributed by atoms with Crippen molar-refractivity contribution in [3.8, 4) is 5.75 Å². The SMILES string of the molecule is CNCC=Cc1ccc(Cl)cc1OCC(=O)O. The molecule has 0 bridgehead atoms. The Morgan fingerprint density at radius 2 is 2.35 bits per heavy atom. The Balaban J connectivity index is 2.83. The molecule has 0 saturated heterocycles. The molecule has 1 rings (SSSR count). The zero-order chi connectivity index (χ0) is 12.7. The molecule has 4 nitrogen and oxygen atoms in total. The quantitative estimate of drug-likeness (QED) is 0.817. The van der Waals surface area contributed by atoms with Gasteiger partial charge in [0.2, 0.25) is 0 Å². The lowest BCUT2D eigenvalue weighted by Gasteiger charge is -2.07. The second-order valence-electron chi connectivity index (χ2n) is 3.32. The van der Waals surface area contributed by atoms with E-state index in [1.54, 1.807) is 18.2 Å². The Morgan fingerprint density at radius 3 is 3.00 bits per heavy atom. The first kappa shape index (κ1) is 13.5. The molecule has 0 saturated carbocycles. The Hall–Kier alpha value is -1.52. The molecule has 0 fully saturated rings. The van der Waals surface area contributed by atoms with Crippen molar-refractivity contribution in [1.29, 1.82) is 0 Å². The number of likely N-dealkylation sites (N-methyl/N-ethyl adjacent to an activating group) is 1. The maximum absolute atomic E-state index is 10.4. The first-order valence-corrected chi connectivity index (χ1v) is 5.46. The number of aliphatic carboxylic acids is 1. The van der Waals surface area contributed by atoms with Crippen LogP contribution in [0.2, 0.25) is 5.02 Å². The van der Waals surface area contributed by atoms with E-state index in [1.165, 1.54) is 0 Å². The Bertz CT molecular complexity index is 418. The fourth-order valence-electron chi connectivity index (χ4n) is 1.21. The second kappa shape index (κ2) is 6.93. The summed E-state index contributed by atoms with van der Waals surface area (Å²) < 4.78 is 5.15. The third-order valence-corrected chi connectivity index (χ3v) is 2.18. The Kier molecular flexibility index (Phi) is 5.52. The van der Waals surface area contributed by atoms with Gasteiger partial charge in [0.15, 0.2) is 6.61 Å². The van der Waals surface area contributed by atoms with Crippen molar-refractivity contribution in [3.05, 3.63) is 34.9 Å². The Labute approximate surface area is 105 Å². The van der Waals surface area contributed by atoms with Crippen LogP contribution >= 0.6 is 11.6 Å². The van der Waals surface area contributed by atoms with E-state index >= 15 is 0 Å². The van der Waals surface area contributed by atoms with Crippen LogP contribution < -0.4 is 10.1 Å². The van der Waals surface area contributed by atoms with Gasteiger partial charge in [0, 0.05) is 17.1 Å². The molecule has 0 amide bonds. The van der Waals surface area contributed by atoms with Crippen molar-refractivity contribution < 1.29 is 14.6 Å². The first-order chi connectivity index (χ1) is 8.13. The molecular weight excluding hydrogens is 242 g/mol. The lowest BCUT2D eigenvalue weighted by atomic mass is 10.2. The zero-order valence-corrected chi connectivity index (χ0v) is 10.2. The van der Waals surface area contributed by atoms with E-state index in [-0.39, 0.29) is 6.61 Å². The maximum atomic E-state index is 10.4. The Morgan fingerprint density at radius 1 is 1.59 bits per heavy atom. The van der Waals surface area contributed by atoms with E-state index in [0.717, 1.165) is 12.1 Å². The number of halogens is 1. The molecule has 0 aliphatic rings. The number of rotatable bonds is 6. The van der Waals surface area contributed by atoms with Gasteiger partial charge in [-0.1, -0.05) is 23.8 Å². The third kappa shape index (κ3) is 4.89. The fourth-order valence-corrected chi connectivity index (χ4v) is 1.38. The highest BCUT2D eigenvalue weighted by Gasteiger charge is 2.04. The van der Waals surface area contributed by atoms with Crippen molar-refractivity contribution in [2.75, 3.05) is 20.2 Å². The minimum atomic E-state index is -1.02. The number of hydrogen-bond donors (Lipinski definition) is 2. The van der Waals surface area contributed by atoms with E-state index in [1.807, 2.05) is 19.2 Å². The van der Waals surface area contributed by atoms with Crippen LogP contribution in [0.1, 0.15) is 5.56 Å². The van der Waals surface area contributed by atoms with Crippen molar-refractivity contribution in [2.24, 2.45) is 0 Å². The molecule has 0 radical (unpaired) electrons. The smallest absolute Gasteiger partial charge is 0.341 e. The van der Waals surface area contributed by atoms with Gasteiger partial charge in [-0.25, -0.2) is 4.79 Å². The molecule has 0 aromatic heterocycles. The minimum Gasteiger partial charge on any atom is -0.481 e. The lowest BCUT2D eigenvalue weighted by molar-refractivity contribution is -0.139. The molecular formula is C12H14ClNO3. The van der Waals surface area contributed by atoms with Crippen molar-refractivity contribution in [2.45, 2.75) is 0 Å². The molecule has 92 valence electrons. The summed E-state index contributed by atoms with van der Waals surface area (Å²) in [5.74, 6) is -0.553. The highest BCUT2D eigenvalue weighted by atomic mass is 35.5. The summed E-state index contributed by atoms with van der Waals surface area (Å²) in [6, 6.07) is 5.11. The topological polar surface area (TPSA) is 58.6 Å². The van der Waals surface area contributed by atoms with E-state index in [4.69, 9.17) is 21.4 Å². The molecule has 2 N–H and O–H groups in total. The van der Waals surface area contributed by atoms with Crippen LogP contribution in [0.25, 0.3) is 6.08 Å². The van der Waals surface area contributed by atoms with Crippen molar-refractivity contribution in [3.63, 3.8) is 0 Å². The number of carboxylic acids is 1. The first-order valence-electron chi connectivity index (χ1n) is 5.08. The summed E-state index contributed by atoms with van der Waals surface area (Å²) in [5, 5.41) is 12.0. The molecule has 17 heavy (non-hydrogen) atoms. The molecule has 5 heteroatoms. The van der Waals surface area contributed by atoms with Gasteiger partial charge in [0.05, 0.1) is 0 Å². The molecule has 0 unspecified atom stereocenters. The summed E-state index contributed by atoms with van der Waals surface area (Å²) in [6.45, 7) is 0.341. The molecule has 1 aromatic rings. The molecule has 0 aliphatic carbocycles. The van der Waals surface area contributed by atoms with Crippen molar-refractivity contribution in [1.82, 2.24) is 5.32 Å². The van der Waals surface area contributed by atoms with E-state index < -0.39 is 5.97 Å². The van der Waals surface area contributed by atoms with Crippen LogP contribution in [0.15, 0.2) is 24.3 Å². The second-order valence-corrected chi connectivity index (χ2v) is 3.76. The van der Waals surface area contributed by atoms with Gasteiger partial charge in [-0.15, -0.1) is 0 Å². The van der Waals surface area contributed by atoms with E-state index in [0.29, 0.717) is 10.8 Å². The molecule has 0 spiro atoms. The van der Waals surface area contributed by atoms with Crippen LogP contribution in [-0.2, 0) is 4.79 Å². The highest BCUT2D eigenvalue weighted by molar-refractivity contribution is 6.30. The van der Waals surface area contributed by atoms with E-state index in [9.17, 15) is 4.79 Å². The van der Waals surface area contributed by atoms with Crippen LogP contribution in [0.3, 0.4) is 0 Å². The number of hydrogen-bond acceptors (Lipinski definition) is 3. The standard InChI is InChI=1S/C12H14ClNO3/c1-14-6-2-3-9-4-5-10(13)7-11(9)17-8-12(15)16/h2-5,7,14H,6,8H2,1H3,(H,15,16). The zero-order valence-electron chi connectivity index (χ0n) is 9.44. The number of nitrogens with one attached hydrogen (secondary N) is 1. The molecule has 0 aliphatic heterocycles. The van der Waals surface area contributed by atoms with Crippen LogP contribution in [0, 0.1) is 0 Å². The molecule has 1 aromatic carbocycles. The van der Waals surface area contributed by atoms with Gasteiger partial charge in [-0.3, -0.25) is 0 Å². The number of benzene rings is 1. The van der Waals surface area contributed by atoms with Gasteiger partial charge < -0.3 is 15.2 Å². The van der Waals surface area contributed by atoms with Crippen LogP contribution in [0.5, 0.6) is 5.75 Å². The van der Waals surface area contributed by atoms with Gasteiger partial charge in [-0.2, -0.15) is 0 Å². The van der Waals surface area contributed by atoms with Gasteiger partial charge in [0.25, 0.3) is 0 Å². The van der Waals surface area contributed by atoms with Crippen molar-refractivity contribution >= 4 is 23.6 Å². The van der Waals surface area contributed by atoms with E-state index in [2.05, 4.69) is 5.32 Å². The van der Waals surface area contributed by atoms with Gasteiger partial charge in [0.1, 0.15) is 5.75 Å². The third-order valence-electron chi connectivity index (χ3n) is 1.95. The van der Waals surface area contributed by atoms with Gasteiger partial charge in [-0.05, 0) is 25.2 Å². The average molecular weight is 256 g/mol. The number of ether oxygens (including phenoxy) is 1. The molecule has 0 heterocycles. The monoisotopic (exact) mass is 255 g/mol.